The standard InChI is InChI=1S/C8H7I/c1-2-7-3-5-8(9)6-4-7/h1,3-5,8H,6H2. The van der Waals surface area contributed by atoms with Crippen LogP contribution in [0.25, 0.3) is 0 Å². The fraction of sp³-hybridized carbons (Fsp3) is 0.250. The average molecular weight is 230 g/mol. The molecule has 0 amide bonds. The third-order valence-electron chi connectivity index (χ3n) is 1.21. The van der Waals surface area contributed by atoms with E-state index in [1.807, 2.05) is 6.08 Å². The van der Waals surface area contributed by atoms with Gasteiger partial charge in [-0.2, -0.15) is 0 Å². The predicted octanol–water partition coefficient (Wildman–Crippen LogP) is 2.31. The van der Waals surface area contributed by atoms with Crippen molar-refractivity contribution in [3.05, 3.63) is 23.8 Å². The van der Waals surface area contributed by atoms with Gasteiger partial charge >= 0.3 is 0 Å². The zero-order chi connectivity index (χ0) is 6.69. The van der Waals surface area contributed by atoms with Crippen LogP contribution in [-0.2, 0) is 0 Å². The molecule has 46 valence electrons. The third-order valence-corrected chi connectivity index (χ3v) is 2.14. The number of hydrogen-bond donors (Lipinski definition) is 0. The summed E-state index contributed by atoms with van der Waals surface area (Å²) in [5.74, 6) is 2.60. The Morgan fingerprint density at radius 1 is 1.78 bits per heavy atom. The molecule has 1 unspecified atom stereocenters. The van der Waals surface area contributed by atoms with Gasteiger partial charge in [0.25, 0.3) is 0 Å². The largest absolute Gasteiger partial charge is 0.115 e. The first-order valence-electron chi connectivity index (χ1n) is 2.82. The fourth-order valence-electron chi connectivity index (χ4n) is 0.701. The Bertz CT molecular complexity index is 193. The molecule has 0 saturated carbocycles. The minimum absolute atomic E-state index is 0.639. The first-order valence-corrected chi connectivity index (χ1v) is 4.06. The first kappa shape index (κ1) is 6.88. The maximum Gasteiger partial charge on any atom is 0.0327 e. The molecule has 1 aliphatic rings. The fourth-order valence-corrected chi connectivity index (χ4v) is 1.16. The van der Waals surface area contributed by atoms with Crippen LogP contribution in [0.15, 0.2) is 23.8 Å². The van der Waals surface area contributed by atoms with E-state index in [1.54, 1.807) is 0 Å². The van der Waals surface area contributed by atoms with Gasteiger partial charge in [0.1, 0.15) is 0 Å². The zero-order valence-corrected chi connectivity index (χ0v) is 7.13. The van der Waals surface area contributed by atoms with E-state index in [1.165, 1.54) is 0 Å². The topological polar surface area (TPSA) is 0 Å². The number of allylic oxidation sites excluding steroid dienone is 4. The molecular formula is C8H7I. The molecule has 0 fully saturated rings. The Morgan fingerprint density at radius 3 is 3.00 bits per heavy atom. The van der Waals surface area contributed by atoms with E-state index >= 15 is 0 Å². The van der Waals surface area contributed by atoms with Crippen molar-refractivity contribution in [2.24, 2.45) is 0 Å². The van der Waals surface area contributed by atoms with Crippen LogP contribution < -0.4 is 0 Å². The highest BCUT2D eigenvalue weighted by atomic mass is 127. The minimum Gasteiger partial charge on any atom is -0.115 e. The van der Waals surface area contributed by atoms with Crippen LogP contribution in [0.4, 0.5) is 0 Å². The second-order valence-corrected chi connectivity index (χ2v) is 3.51. The summed E-state index contributed by atoms with van der Waals surface area (Å²) in [6.45, 7) is 0. The third kappa shape index (κ3) is 1.87. The van der Waals surface area contributed by atoms with Crippen LogP contribution in [0, 0.1) is 12.3 Å². The molecule has 0 heterocycles. The molecule has 9 heavy (non-hydrogen) atoms. The van der Waals surface area contributed by atoms with Gasteiger partial charge in [0.15, 0.2) is 0 Å². The molecule has 1 heteroatoms. The molecule has 0 N–H and O–H groups in total. The molecule has 0 aromatic rings. The Kier molecular flexibility index (Phi) is 2.35. The molecule has 0 aromatic carbocycles. The molecular weight excluding hydrogens is 223 g/mol. The summed E-state index contributed by atoms with van der Waals surface area (Å²) in [5, 5.41) is 0. The van der Waals surface area contributed by atoms with E-state index in [2.05, 4.69) is 40.7 Å². The monoisotopic (exact) mass is 230 g/mol. The lowest BCUT2D eigenvalue weighted by Gasteiger charge is -2.04. The smallest absolute Gasteiger partial charge is 0.0327 e. The van der Waals surface area contributed by atoms with E-state index in [4.69, 9.17) is 6.42 Å². The normalized spacial score (nSPS) is 24.9. The lowest BCUT2D eigenvalue weighted by molar-refractivity contribution is 1.08. The highest BCUT2D eigenvalue weighted by Gasteiger charge is 2.01. The van der Waals surface area contributed by atoms with Crippen molar-refractivity contribution in [1.29, 1.82) is 0 Å². The van der Waals surface area contributed by atoms with Crippen LogP contribution >= 0.6 is 22.6 Å². The van der Waals surface area contributed by atoms with Gasteiger partial charge in [0.05, 0.1) is 0 Å². The second kappa shape index (κ2) is 3.07. The molecule has 1 atom stereocenters. The van der Waals surface area contributed by atoms with Gasteiger partial charge in [-0.1, -0.05) is 40.7 Å². The Morgan fingerprint density at radius 2 is 2.56 bits per heavy atom. The lowest BCUT2D eigenvalue weighted by atomic mass is 10.1. The Balaban J connectivity index is 2.66. The van der Waals surface area contributed by atoms with Crippen LogP contribution in [0.2, 0.25) is 0 Å². The van der Waals surface area contributed by atoms with Gasteiger partial charge in [0, 0.05) is 9.50 Å². The molecule has 0 nitrogen and oxygen atoms in total. The molecule has 0 saturated heterocycles. The van der Waals surface area contributed by atoms with Gasteiger partial charge in [-0.25, -0.2) is 0 Å². The van der Waals surface area contributed by atoms with Crippen molar-refractivity contribution in [3.8, 4) is 12.3 Å². The average Bonchev–Trinajstić information content (AvgIpc) is 1.90. The molecule has 0 spiro atoms. The van der Waals surface area contributed by atoms with Crippen molar-refractivity contribution < 1.29 is 0 Å². The lowest BCUT2D eigenvalue weighted by Crippen LogP contribution is -1.94. The summed E-state index contributed by atoms with van der Waals surface area (Å²) in [6, 6.07) is 0. The summed E-state index contributed by atoms with van der Waals surface area (Å²) >= 11 is 2.38. The summed E-state index contributed by atoms with van der Waals surface area (Å²) in [5.41, 5.74) is 1.02. The Labute approximate surface area is 69.2 Å². The summed E-state index contributed by atoms with van der Waals surface area (Å²) in [7, 11) is 0. The van der Waals surface area contributed by atoms with E-state index in [9.17, 15) is 0 Å². The Hall–Kier alpha value is -0.230. The maximum absolute atomic E-state index is 5.18. The van der Waals surface area contributed by atoms with E-state index < -0.39 is 0 Å². The summed E-state index contributed by atoms with van der Waals surface area (Å²) in [6.07, 6.45) is 12.5. The molecule has 0 radical (unpaired) electrons. The van der Waals surface area contributed by atoms with Crippen molar-refractivity contribution in [2.75, 3.05) is 0 Å². The predicted molar refractivity (Wildman–Crippen MR) is 48.5 cm³/mol. The van der Waals surface area contributed by atoms with Crippen LogP contribution in [-0.4, -0.2) is 3.92 Å². The van der Waals surface area contributed by atoms with Gasteiger partial charge in [-0.05, 0) is 12.5 Å². The van der Waals surface area contributed by atoms with Crippen molar-refractivity contribution in [3.63, 3.8) is 0 Å². The number of rotatable bonds is 0. The molecule has 1 aliphatic carbocycles. The van der Waals surface area contributed by atoms with E-state index in [0.29, 0.717) is 3.92 Å². The quantitative estimate of drug-likeness (QED) is 0.340. The molecule has 0 aliphatic heterocycles. The first-order chi connectivity index (χ1) is 4.33. The molecule has 0 bridgehead atoms. The van der Waals surface area contributed by atoms with Crippen LogP contribution in [0.5, 0.6) is 0 Å². The summed E-state index contributed by atoms with van der Waals surface area (Å²) < 4.78 is 0.639. The minimum atomic E-state index is 0.639. The van der Waals surface area contributed by atoms with Crippen molar-refractivity contribution in [2.45, 2.75) is 10.3 Å². The summed E-state index contributed by atoms with van der Waals surface area (Å²) in [4.78, 5) is 0. The number of halogens is 1. The number of hydrogen-bond acceptors (Lipinski definition) is 0. The van der Waals surface area contributed by atoms with Crippen LogP contribution in [0.3, 0.4) is 0 Å². The number of alkyl halides is 1. The van der Waals surface area contributed by atoms with Gasteiger partial charge in [0.2, 0.25) is 0 Å². The highest BCUT2D eigenvalue weighted by molar-refractivity contribution is 14.1. The van der Waals surface area contributed by atoms with Gasteiger partial charge < -0.3 is 0 Å². The zero-order valence-electron chi connectivity index (χ0n) is 4.97. The van der Waals surface area contributed by atoms with E-state index in [-0.39, 0.29) is 0 Å². The molecule has 0 aromatic heterocycles. The van der Waals surface area contributed by atoms with Gasteiger partial charge in [-0.3, -0.25) is 0 Å². The highest BCUT2D eigenvalue weighted by Crippen LogP contribution is 2.16. The van der Waals surface area contributed by atoms with Crippen molar-refractivity contribution in [1.82, 2.24) is 0 Å². The second-order valence-electron chi connectivity index (χ2n) is 1.91. The maximum atomic E-state index is 5.18. The van der Waals surface area contributed by atoms with Crippen molar-refractivity contribution >= 4 is 22.6 Å². The molecule has 1 rings (SSSR count). The van der Waals surface area contributed by atoms with E-state index in [0.717, 1.165) is 12.0 Å². The SMILES string of the molecule is C#CC1=CCC(I)C=C1. The number of terminal acetylenes is 1. The van der Waals surface area contributed by atoms with Crippen LogP contribution in [0.1, 0.15) is 6.42 Å². The van der Waals surface area contributed by atoms with Gasteiger partial charge in [-0.15, -0.1) is 6.42 Å².